The summed E-state index contributed by atoms with van der Waals surface area (Å²) in [5.74, 6) is -1.08. The molecule has 0 bridgehead atoms. The van der Waals surface area contributed by atoms with Crippen LogP contribution in [0.2, 0.25) is 0 Å². The Morgan fingerprint density at radius 1 is 1.48 bits per heavy atom. The van der Waals surface area contributed by atoms with Gasteiger partial charge in [0.15, 0.2) is 0 Å². The maximum absolute atomic E-state index is 12.8. The quantitative estimate of drug-likeness (QED) is 0.653. The van der Waals surface area contributed by atoms with Crippen molar-refractivity contribution >= 4 is 17.4 Å². The van der Waals surface area contributed by atoms with Gasteiger partial charge in [0.05, 0.1) is 10.5 Å². The van der Waals surface area contributed by atoms with Gasteiger partial charge in [0.2, 0.25) is 0 Å². The summed E-state index contributed by atoms with van der Waals surface area (Å²) in [7, 11) is 1.40. The van der Waals surface area contributed by atoms with Gasteiger partial charge in [0, 0.05) is 13.1 Å². The van der Waals surface area contributed by atoms with E-state index in [0.29, 0.717) is 0 Å². The van der Waals surface area contributed by atoms with Gasteiger partial charge in [0.25, 0.3) is 11.6 Å². The molecule has 0 aromatic carbocycles. The number of aromatic nitrogens is 1. The Bertz CT molecular complexity index is 599. The van der Waals surface area contributed by atoms with Crippen LogP contribution in [0, 0.1) is 10.1 Å². The lowest BCUT2D eigenvalue weighted by Crippen LogP contribution is -2.48. The Kier molecular flexibility index (Phi) is 3.47. The second kappa shape index (κ2) is 4.86. The number of pyridine rings is 1. The zero-order valence-electron chi connectivity index (χ0n) is 10.8. The molecular weight excluding hydrogens is 293 g/mol. The Labute approximate surface area is 116 Å². The molecule has 10 heteroatoms. The summed E-state index contributed by atoms with van der Waals surface area (Å²) < 4.78 is 38.4. The average Bonchev–Trinajstić information content (AvgIpc) is 3.18. The number of halogens is 3. The summed E-state index contributed by atoms with van der Waals surface area (Å²) in [4.78, 5) is 25.5. The normalized spacial score (nSPS) is 16.2. The smallest absolute Gasteiger partial charge is 0.372 e. The largest absolute Gasteiger partial charge is 0.411 e. The first-order valence-electron chi connectivity index (χ1n) is 5.91. The van der Waals surface area contributed by atoms with Crippen LogP contribution in [-0.2, 0) is 0 Å². The molecule has 1 fully saturated rings. The molecule has 114 valence electrons. The lowest BCUT2D eigenvalue weighted by Gasteiger charge is -2.21. The van der Waals surface area contributed by atoms with Crippen LogP contribution in [-0.4, -0.2) is 34.6 Å². The minimum absolute atomic E-state index is 0.0314. The number of hydrogen-bond donors (Lipinski definition) is 2. The van der Waals surface area contributed by atoms with Crippen LogP contribution in [0.3, 0.4) is 0 Å². The van der Waals surface area contributed by atoms with E-state index in [-0.39, 0.29) is 24.2 Å². The molecule has 21 heavy (non-hydrogen) atoms. The number of anilines is 1. The third-order valence-electron chi connectivity index (χ3n) is 3.21. The molecule has 1 heterocycles. The van der Waals surface area contributed by atoms with Gasteiger partial charge in [-0.15, -0.1) is 0 Å². The molecule has 1 aliphatic rings. The maximum Gasteiger partial charge on any atom is 0.411 e. The number of amides is 1. The number of alkyl halides is 3. The molecule has 0 aliphatic heterocycles. The molecule has 0 spiro atoms. The van der Waals surface area contributed by atoms with Gasteiger partial charge in [-0.2, -0.15) is 13.2 Å². The standard InChI is InChI=1S/C11H11F3N4O3/c1-15-8-7(4-6(5-16-8)18(20)21)9(19)17-10(2-3-10)11(12,13)14/h4-5H,2-3H2,1H3,(H,15,16)(H,17,19). The third kappa shape index (κ3) is 2.73. The first-order valence-corrected chi connectivity index (χ1v) is 5.91. The zero-order valence-corrected chi connectivity index (χ0v) is 10.8. The van der Waals surface area contributed by atoms with E-state index in [2.05, 4.69) is 10.3 Å². The Balaban J connectivity index is 2.31. The van der Waals surface area contributed by atoms with Crippen LogP contribution in [0.5, 0.6) is 0 Å². The van der Waals surface area contributed by atoms with Gasteiger partial charge >= 0.3 is 6.18 Å². The van der Waals surface area contributed by atoms with Crippen molar-refractivity contribution in [1.29, 1.82) is 0 Å². The average molecular weight is 304 g/mol. The number of carbonyl (C=O) groups excluding carboxylic acids is 1. The summed E-state index contributed by atoms with van der Waals surface area (Å²) in [6.45, 7) is 0. The van der Waals surface area contributed by atoms with Gasteiger partial charge in [-0.1, -0.05) is 0 Å². The van der Waals surface area contributed by atoms with E-state index in [1.165, 1.54) is 7.05 Å². The number of nitrogens with one attached hydrogen (secondary N) is 2. The molecule has 7 nitrogen and oxygen atoms in total. The topological polar surface area (TPSA) is 97.2 Å². The molecule has 1 saturated carbocycles. The monoisotopic (exact) mass is 304 g/mol. The van der Waals surface area contributed by atoms with Crippen LogP contribution in [0.15, 0.2) is 12.3 Å². The second-order valence-electron chi connectivity index (χ2n) is 4.63. The van der Waals surface area contributed by atoms with Crippen LogP contribution >= 0.6 is 0 Å². The summed E-state index contributed by atoms with van der Waals surface area (Å²) in [5.41, 5.74) is -3.02. The molecule has 1 aromatic rings. The molecule has 0 atom stereocenters. The number of carbonyl (C=O) groups is 1. The molecule has 0 unspecified atom stereocenters. The van der Waals surface area contributed by atoms with Gasteiger partial charge < -0.3 is 10.6 Å². The highest BCUT2D eigenvalue weighted by Crippen LogP contribution is 2.49. The molecular formula is C11H11F3N4O3. The van der Waals surface area contributed by atoms with Crippen LogP contribution in [0.4, 0.5) is 24.7 Å². The molecule has 0 saturated heterocycles. The molecule has 1 aromatic heterocycles. The molecule has 0 radical (unpaired) electrons. The van der Waals surface area contributed by atoms with Crippen molar-refractivity contribution in [3.05, 3.63) is 27.9 Å². The van der Waals surface area contributed by atoms with E-state index < -0.39 is 28.2 Å². The molecule has 1 amide bonds. The molecule has 2 N–H and O–H groups in total. The fraction of sp³-hybridized carbons (Fsp3) is 0.455. The van der Waals surface area contributed by atoms with Crippen molar-refractivity contribution in [2.75, 3.05) is 12.4 Å². The first kappa shape index (κ1) is 15.0. The van der Waals surface area contributed by atoms with E-state index in [4.69, 9.17) is 0 Å². The number of rotatable bonds is 4. The Hall–Kier alpha value is -2.39. The van der Waals surface area contributed by atoms with Gasteiger partial charge in [-0.25, -0.2) is 4.98 Å². The van der Waals surface area contributed by atoms with Crippen LogP contribution in [0.25, 0.3) is 0 Å². The van der Waals surface area contributed by atoms with Gasteiger partial charge in [0.1, 0.15) is 17.6 Å². The third-order valence-corrected chi connectivity index (χ3v) is 3.21. The zero-order chi connectivity index (χ0) is 15.8. The van der Waals surface area contributed by atoms with Crippen molar-refractivity contribution in [2.24, 2.45) is 0 Å². The molecule has 2 rings (SSSR count). The summed E-state index contributed by atoms with van der Waals surface area (Å²) in [6, 6.07) is 0.890. The number of nitro groups is 1. The number of hydrogen-bond acceptors (Lipinski definition) is 5. The minimum atomic E-state index is -4.56. The minimum Gasteiger partial charge on any atom is -0.372 e. The summed E-state index contributed by atoms with van der Waals surface area (Å²) >= 11 is 0. The first-order chi connectivity index (χ1) is 9.70. The van der Waals surface area contributed by atoms with Crippen LogP contribution < -0.4 is 10.6 Å². The van der Waals surface area contributed by atoms with E-state index in [9.17, 15) is 28.1 Å². The van der Waals surface area contributed by atoms with Crippen molar-refractivity contribution in [2.45, 2.75) is 24.6 Å². The Morgan fingerprint density at radius 2 is 2.10 bits per heavy atom. The van der Waals surface area contributed by atoms with Crippen LogP contribution in [0.1, 0.15) is 23.2 Å². The van der Waals surface area contributed by atoms with Crippen molar-refractivity contribution < 1.29 is 22.9 Å². The lowest BCUT2D eigenvalue weighted by atomic mass is 10.2. The predicted molar refractivity (Wildman–Crippen MR) is 65.9 cm³/mol. The van der Waals surface area contributed by atoms with E-state index in [1.807, 2.05) is 5.32 Å². The van der Waals surface area contributed by atoms with Gasteiger partial charge in [-0.05, 0) is 12.8 Å². The Morgan fingerprint density at radius 3 is 2.52 bits per heavy atom. The number of nitrogens with zero attached hydrogens (tertiary/aromatic N) is 2. The van der Waals surface area contributed by atoms with Crippen molar-refractivity contribution in [1.82, 2.24) is 10.3 Å². The van der Waals surface area contributed by atoms with Gasteiger partial charge in [-0.3, -0.25) is 14.9 Å². The summed E-state index contributed by atoms with van der Waals surface area (Å²) in [6.07, 6.45) is -4.06. The van der Waals surface area contributed by atoms with Crippen molar-refractivity contribution in [3.8, 4) is 0 Å². The highest BCUT2D eigenvalue weighted by molar-refractivity contribution is 6.00. The van der Waals surface area contributed by atoms with E-state index in [0.717, 1.165) is 12.3 Å². The molecule has 1 aliphatic carbocycles. The summed E-state index contributed by atoms with van der Waals surface area (Å²) in [5, 5.41) is 15.1. The van der Waals surface area contributed by atoms with E-state index in [1.54, 1.807) is 0 Å². The highest BCUT2D eigenvalue weighted by atomic mass is 19.4. The SMILES string of the molecule is CNc1ncc([N+](=O)[O-])cc1C(=O)NC1(C(F)(F)F)CC1. The highest BCUT2D eigenvalue weighted by Gasteiger charge is 2.64. The van der Waals surface area contributed by atoms with Crippen molar-refractivity contribution in [3.63, 3.8) is 0 Å². The predicted octanol–water partition coefficient (Wildman–Crippen LogP) is 1.86. The second-order valence-corrected chi connectivity index (χ2v) is 4.63. The lowest BCUT2D eigenvalue weighted by molar-refractivity contribution is -0.385. The fourth-order valence-corrected chi connectivity index (χ4v) is 1.81. The maximum atomic E-state index is 12.8. The van der Waals surface area contributed by atoms with E-state index >= 15 is 0 Å². The fourth-order valence-electron chi connectivity index (χ4n) is 1.81.